The molecular formula is C17H15N5O2. The summed E-state index contributed by atoms with van der Waals surface area (Å²) >= 11 is 0. The van der Waals surface area contributed by atoms with E-state index in [4.69, 9.17) is 0 Å². The van der Waals surface area contributed by atoms with E-state index in [-0.39, 0.29) is 17.6 Å². The van der Waals surface area contributed by atoms with Crippen LogP contribution in [-0.2, 0) is 4.79 Å². The highest BCUT2D eigenvalue weighted by Gasteiger charge is 2.33. The molecule has 0 fully saturated rings. The molecule has 1 aromatic carbocycles. The average molecular weight is 321 g/mol. The zero-order valence-electron chi connectivity index (χ0n) is 13.0. The first-order valence-electron chi connectivity index (χ1n) is 7.59. The number of amides is 1. The van der Waals surface area contributed by atoms with Crippen molar-refractivity contribution in [1.82, 2.24) is 19.7 Å². The second-order valence-electron chi connectivity index (χ2n) is 5.70. The summed E-state index contributed by atoms with van der Waals surface area (Å²) in [6.45, 7) is 1.91. The van der Waals surface area contributed by atoms with E-state index in [0.717, 1.165) is 16.8 Å². The van der Waals surface area contributed by atoms with Crippen LogP contribution in [-0.4, -0.2) is 30.8 Å². The highest BCUT2D eigenvalue weighted by Crippen LogP contribution is 2.40. The van der Waals surface area contributed by atoms with Crippen LogP contribution in [0.15, 0.2) is 42.7 Å². The number of carbonyl (C=O) groups excluding carboxylic acids is 1. The van der Waals surface area contributed by atoms with Crippen molar-refractivity contribution in [3.8, 4) is 11.7 Å². The highest BCUT2D eigenvalue weighted by atomic mass is 16.3. The maximum Gasteiger partial charge on any atom is 0.252 e. The van der Waals surface area contributed by atoms with Gasteiger partial charge in [-0.25, -0.2) is 9.97 Å². The molecule has 1 atom stereocenters. The minimum absolute atomic E-state index is 0.0855. The number of hydrogen-bond donors (Lipinski definition) is 2. The predicted molar refractivity (Wildman–Crippen MR) is 87.1 cm³/mol. The average Bonchev–Trinajstić information content (AvgIpc) is 2.92. The Morgan fingerprint density at radius 1 is 1.21 bits per heavy atom. The standard InChI is InChI=1S/C17H15N5O2/c1-10-15-13(11-3-5-12(23)6-4-11)9-14(24)20-16(15)22(21-10)17-18-7-2-8-19-17/h2-8,13,23H,9H2,1H3,(H,20,24). The van der Waals surface area contributed by atoms with E-state index in [9.17, 15) is 9.90 Å². The zero-order valence-corrected chi connectivity index (χ0v) is 13.0. The first-order chi connectivity index (χ1) is 11.6. The molecular weight excluding hydrogens is 306 g/mol. The Bertz CT molecular complexity index is 903. The number of phenolic OH excluding ortho intramolecular Hbond substituents is 1. The van der Waals surface area contributed by atoms with Gasteiger partial charge in [0.25, 0.3) is 5.95 Å². The number of anilines is 1. The van der Waals surface area contributed by atoms with Crippen LogP contribution in [0.5, 0.6) is 5.75 Å². The molecule has 0 saturated carbocycles. The Labute approximate surface area is 138 Å². The summed E-state index contributed by atoms with van der Waals surface area (Å²) in [4.78, 5) is 20.6. The van der Waals surface area contributed by atoms with Crippen molar-refractivity contribution in [2.45, 2.75) is 19.3 Å². The lowest BCUT2D eigenvalue weighted by Crippen LogP contribution is -2.25. The second kappa shape index (κ2) is 5.45. The van der Waals surface area contributed by atoms with Crippen LogP contribution in [0, 0.1) is 6.92 Å². The molecule has 0 aliphatic carbocycles. The number of carbonyl (C=O) groups is 1. The Morgan fingerprint density at radius 2 is 1.92 bits per heavy atom. The van der Waals surface area contributed by atoms with E-state index >= 15 is 0 Å². The number of nitrogens with one attached hydrogen (secondary N) is 1. The normalized spacial score (nSPS) is 16.5. The van der Waals surface area contributed by atoms with E-state index in [0.29, 0.717) is 18.2 Å². The minimum Gasteiger partial charge on any atom is -0.508 e. The fourth-order valence-electron chi connectivity index (χ4n) is 3.08. The summed E-state index contributed by atoms with van der Waals surface area (Å²) < 4.78 is 1.56. The van der Waals surface area contributed by atoms with Gasteiger partial charge in [0.05, 0.1) is 5.69 Å². The number of nitrogens with zero attached hydrogens (tertiary/aromatic N) is 4. The monoisotopic (exact) mass is 321 g/mol. The van der Waals surface area contributed by atoms with Crippen LogP contribution in [0.3, 0.4) is 0 Å². The third-order valence-corrected chi connectivity index (χ3v) is 4.14. The largest absolute Gasteiger partial charge is 0.508 e. The summed E-state index contributed by atoms with van der Waals surface area (Å²) in [5.74, 6) is 1.01. The van der Waals surface area contributed by atoms with Crippen LogP contribution in [0.1, 0.15) is 29.2 Å². The van der Waals surface area contributed by atoms with Crippen molar-refractivity contribution in [2.24, 2.45) is 0 Å². The number of aryl methyl sites for hydroxylation is 1. The van der Waals surface area contributed by atoms with Gasteiger partial charge in [0.15, 0.2) is 0 Å². The molecule has 0 bridgehead atoms. The molecule has 0 radical (unpaired) electrons. The van der Waals surface area contributed by atoms with Gasteiger partial charge in [0.2, 0.25) is 5.91 Å². The molecule has 7 heteroatoms. The summed E-state index contributed by atoms with van der Waals surface area (Å²) in [6.07, 6.45) is 3.60. The van der Waals surface area contributed by atoms with Gasteiger partial charge in [0.1, 0.15) is 11.6 Å². The summed E-state index contributed by atoms with van der Waals surface area (Å²) in [5, 5.41) is 16.9. The van der Waals surface area contributed by atoms with Crippen LogP contribution >= 0.6 is 0 Å². The molecule has 2 aromatic heterocycles. The molecule has 4 rings (SSSR count). The van der Waals surface area contributed by atoms with E-state index in [1.807, 2.05) is 19.1 Å². The van der Waals surface area contributed by atoms with Gasteiger partial charge in [-0.3, -0.25) is 4.79 Å². The van der Waals surface area contributed by atoms with E-state index in [1.54, 1.807) is 35.3 Å². The molecule has 3 heterocycles. The number of benzene rings is 1. The van der Waals surface area contributed by atoms with Crippen molar-refractivity contribution in [3.63, 3.8) is 0 Å². The lowest BCUT2D eigenvalue weighted by atomic mass is 9.86. The quantitative estimate of drug-likeness (QED) is 0.754. The SMILES string of the molecule is Cc1nn(-c2ncccn2)c2c1C(c1ccc(O)cc1)CC(=O)N2. The Hall–Kier alpha value is -3.22. The maximum absolute atomic E-state index is 12.2. The first-order valence-corrected chi connectivity index (χ1v) is 7.59. The van der Waals surface area contributed by atoms with Crippen molar-refractivity contribution < 1.29 is 9.90 Å². The number of aromatic nitrogens is 4. The molecule has 2 N–H and O–H groups in total. The van der Waals surface area contributed by atoms with E-state index in [2.05, 4.69) is 20.4 Å². The molecule has 1 aliphatic heterocycles. The van der Waals surface area contributed by atoms with Gasteiger partial charge in [-0.05, 0) is 30.7 Å². The van der Waals surface area contributed by atoms with Gasteiger partial charge < -0.3 is 10.4 Å². The molecule has 3 aromatic rings. The van der Waals surface area contributed by atoms with Crippen molar-refractivity contribution in [2.75, 3.05) is 5.32 Å². The smallest absolute Gasteiger partial charge is 0.252 e. The third-order valence-electron chi connectivity index (χ3n) is 4.14. The van der Waals surface area contributed by atoms with Gasteiger partial charge in [-0.1, -0.05) is 12.1 Å². The number of rotatable bonds is 2. The molecule has 1 amide bonds. The predicted octanol–water partition coefficient (Wildman–Crippen LogP) is 2.15. The summed E-state index contributed by atoms with van der Waals surface area (Å²) in [7, 11) is 0. The molecule has 120 valence electrons. The van der Waals surface area contributed by atoms with Gasteiger partial charge in [-0.15, -0.1) is 0 Å². The summed E-state index contributed by atoms with van der Waals surface area (Å²) in [6, 6.07) is 8.64. The number of phenols is 1. The lowest BCUT2D eigenvalue weighted by molar-refractivity contribution is -0.116. The van der Waals surface area contributed by atoms with Crippen LogP contribution < -0.4 is 5.32 Å². The second-order valence-corrected chi connectivity index (χ2v) is 5.70. The van der Waals surface area contributed by atoms with Crippen LogP contribution in [0.25, 0.3) is 5.95 Å². The molecule has 0 spiro atoms. The van der Waals surface area contributed by atoms with Crippen molar-refractivity contribution in [1.29, 1.82) is 0 Å². The number of hydrogen-bond acceptors (Lipinski definition) is 5. The topological polar surface area (TPSA) is 92.9 Å². The molecule has 0 saturated heterocycles. The molecule has 1 unspecified atom stereocenters. The van der Waals surface area contributed by atoms with Crippen LogP contribution in [0.4, 0.5) is 5.82 Å². The van der Waals surface area contributed by atoms with Gasteiger partial charge >= 0.3 is 0 Å². The molecule has 1 aliphatic rings. The zero-order chi connectivity index (χ0) is 16.7. The van der Waals surface area contributed by atoms with Crippen molar-refractivity contribution in [3.05, 3.63) is 59.5 Å². The fourth-order valence-corrected chi connectivity index (χ4v) is 3.08. The van der Waals surface area contributed by atoms with Gasteiger partial charge in [-0.2, -0.15) is 9.78 Å². The Morgan fingerprint density at radius 3 is 2.62 bits per heavy atom. The highest BCUT2D eigenvalue weighted by molar-refractivity contribution is 5.95. The van der Waals surface area contributed by atoms with E-state index in [1.165, 1.54) is 0 Å². The minimum atomic E-state index is -0.119. The first kappa shape index (κ1) is 14.4. The Balaban J connectivity index is 1.87. The summed E-state index contributed by atoms with van der Waals surface area (Å²) in [5.41, 5.74) is 2.73. The maximum atomic E-state index is 12.2. The number of aromatic hydroxyl groups is 1. The molecule has 24 heavy (non-hydrogen) atoms. The number of fused-ring (bicyclic) bond motifs is 1. The molecule has 7 nitrogen and oxygen atoms in total. The third kappa shape index (κ3) is 2.30. The van der Waals surface area contributed by atoms with Crippen LogP contribution in [0.2, 0.25) is 0 Å². The van der Waals surface area contributed by atoms with Gasteiger partial charge in [0, 0.05) is 30.3 Å². The van der Waals surface area contributed by atoms with E-state index < -0.39 is 0 Å². The lowest BCUT2D eigenvalue weighted by Gasteiger charge is -2.24. The Kier molecular flexibility index (Phi) is 3.26. The van der Waals surface area contributed by atoms with Crippen molar-refractivity contribution >= 4 is 11.7 Å². The fraction of sp³-hybridized carbons (Fsp3) is 0.176.